The number of anilines is 1. The summed E-state index contributed by atoms with van der Waals surface area (Å²) in [5.41, 5.74) is 4.46. The molecule has 0 spiro atoms. The number of nitrogens with zero attached hydrogens (tertiary/aromatic N) is 2. The fourth-order valence-electron chi connectivity index (χ4n) is 1.22. The number of nitrogens with one attached hydrogen (secondary N) is 1. The van der Waals surface area contributed by atoms with Gasteiger partial charge in [-0.15, -0.1) is 0 Å². The molecule has 0 aliphatic rings. The van der Waals surface area contributed by atoms with Gasteiger partial charge in [0.25, 0.3) is 5.22 Å². The van der Waals surface area contributed by atoms with Crippen molar-refractivity contribution in [2.75, 3.05) is 5.43 Å². The maximum Gasteiger partial charge on any atom is 0.256 e. The zero-order valence-electron chi connectivity index (χ0n) is 8.80. The van der Waals surface area contributed by atoms with Crippen LogP contribution in [0.1, 0.15) is 11.3 Å². The van der Waals surface area contributed by atoms with Crippen molar-refractivity contribution in [3.63, 3.8) is 0 Å². The van der Waals surface area contributed by atoms with Crippen LogP contribution in [0.3, 0.4) is 0 Å². The quantitative estimate of drug-likeness (QED) is 0.480. The average molecular weight is 236 g/mol. The van der Waals surface area contributed by atoms with E-state index in [1.165, 1.54) is 11.8 Å². The van der Waals surface area contributed by atoms with E-state index in [0.29, 0.717) is 16.8 Å². The van der Waals surface area contributed by atoms with Gasteiger partial charge in [0.1, 0.15) is 12.1 Å². The summed E-state index contributed by atoms with van der Waals surface area (Å²) in [6.07, 6.45) is 3.33. The van der Waals surface area contributed by atoms with Gasteiger partial charge in [0, 0.05) is 17.5 Å². The van der Waals surface area contributed by atoms with E-state index in [0.717, 1.165) is 11.3 Å². The van der Waals surface area contributed by atoms with Gasteiger partial charge in [-0.3, -0.25) is 0 Å². The summed E-state index contributed by atoms with van der Waals surface area (Å²) in [5.74, 6) is 6.76. The zero-order valence-corrected chi connectivity index (χ0v) is 9.62. The summed E-state index contributed by atoms with van der Waals surface area (Å²) in [7, 11) is 0. The number of hydrazine groups is 1. The minimum absolute atomic E-state index is 0.657. The first-order chi connectivity index (χ1) is 7.79. The van der Waals surface area contributed by atoms with E-state index in [1.54, 1.807) is 12.5 Å². The minimum atomic E-state index is 0.657. The van der Waals surface area contributed by atoms with E-state index in [-0.39, 0.29) is 0 Å². The molecule has 0 unspecified atom stereocenters. The maximum atomic E-state index is 5.36. The molecule has 2 aromatic heterocycles. The number of oxazole rings is 1. The highest BCUT2D eigenvalue weighted by Gasteiger charge is 2.05. The van der Waals surface area contributed by atoms with Crippen molar-refractivity contribution in [3.8, 4) is 0 Å². The number of rotatable bonds is 4. The van der Waals surface area contributed by atoms with E-state index >= 15 is 0 Å². The molecule has 0 saturated heterocycles. The number of thioether (sulfide) groups is 1. The molecule has 0 aliphatic heterocycles. The summed E-state index contributed by atoms with van der Waals surface area (Å²) >= 11 is 1.51. The lowest BCUT2D eigenvalue weighted by Gasteiger charge is -2.05. The van der Waals surface area contributed by atoms with Crippen molar-refractivity contribution in [2.45, 2.75) is 17.9 Å². The third-order valence-corrected chi connectivity index (χ3v) is 2.87. The molecule has 5 nitrogen and oxygen atoms in total. The SMILES string of the molecule is Cc1coc(SCc2cccnc2NN)n1. The molecular formula is C10H12N4OS. The third kappa shape index (κ3) is 2.53. The van der Waals surface area contributed by atoms with Crippen LogP contribution in [0.4, 0.5) is 5.82 Å². The predicted octanol–water partition coefficient (Wildman–Crippen LogP) is 1.96. The molecule has 2 rings (SSSR count). The molecule has 0 bridgehead atoms. The van der Waals surface area contributed by atoms with Gasteiger partial charge in [-0.2, -0.15) is 0 Å². The van der Waals surface area contributed by atoms with E-state index < -0.39 is 0 Å². The number of pyridine rings is 1. The minimum Gasteiger partial charge on any atom is -0.440 e. The molecule has 16 heavy (non-hydrogen) atoms. The highest BCUT2D eigenvalue weighted by Crippen LogP contribution is 2.24. The van der Waals surface area contributed by atoms with Gasteiger partial charge in [0.2, 0.25) is 0 Å². The van der Waals surface area contributed by atoms with Crippen LogP contribution in [0.5, 0.6) is 0 Å². The van der Waals surface area contributed by atoms with Crippen molar-refractivity contribution in [2.24, 2.45) is 5.84 Å². The molecule has 84 valence electrons. The van der Waals surface area contributed by atoms with Crippen LogP contribution < -0.4 is 11.3 Å². The average Bonchev–Trinajstić information content (AvgIpc) is 2.73. The smallest absolute Gasteiger partial charge is 0.256 e. The van der Waals surface area contributed by atoms with Crippen molar-refractivity contribution in [1.29, 1.82) is 0 Å². The normalized spacial score (nSPS) is 10.4. The molecule has 0 saturated carbocycles. The lowest BCUT2D eigenvalue weighted by Crippen LogP contribution is -2.10. The molecule has 0 fully saturated rings. The van der Waals surface area contributed by atoms with Gasteiger partial charge in [-0.25, -0.2) is 15.8 Å². The molecule has 0 amide bonds. The Labute approximate surface area is 97.4 Å². The predicted molar refractivity (Wildman–Crippen MR) is 62.8 cm³/mol. The zero-order chi connectivity index (χ0) is 11.4. The number of nitrogen functional groups attached to an aromatic ring is 1. The number of hydrogen-bond acceptors (Lipinski definition) is 6. The summed E-state index contributed by atoms with van der Waals surface area (Å²) in [6, 6.07) is 3.84. The van der Waals surface area contributed by atoms with Crippen LogP contribution in [-0.4, -0.2) is 9.97 Å². The Morgan fingerprint density at radius 3 is 3.12 bits per heavy atom. The van der Waals surface area contributed by atoms with Gasteiger partial charge in [0.05, 0.1) is 5.69 Å². The van der Waals surface area contributed by atoms with Gasteiger partial charge < -0.3 is 9.84 Å². The molecule has 2 aromatic rings. The van der Waals surface area contributed by atoms with Gasteiger partial charge in [-0.05, 0) is 13.0 Å². The Morgan fingerprint density at radius 1 is 1.56 bits per heavy atom. The number of nitrogens with two attached hydrogens (primary N) is 1. The maximum absolute atomic E-state index is 5.36. The molecule has 0 radical (unpaired) electrons. The molecule has 6 heteroatoms. The second kappa shape index (κ2) is 5.00. The number of hydrogen-bond donors (Lipinski definition) is 2. The fraction of sp³-hybridized carbons (Fsp3) is 0.200. The fourth-order valence-corrected chi connectivity index (χ4v) is 2.06. The van der Waals surface area contributed by atoms with E-state index in [9.17, 15) is 0 Å². The van der Waals surface area contributed by atoms with Crippen molar-refractivity contribution in [3.05, 3.63) is 35.9 Å². The third-order valence-electron chi connectivity index (χ3n) is 1.98. The van der Waals surface area contributed by atoms with E-state index in [4.69, 9.17) is 10.3 Å². The molecular weight excluding hydrogens is 224 g/mol. The Bertz CT molecular complexity index is 471. The van der Waals surface area contributed by atoms with Crippen LogP contribution >= 0.6 is 11.8 Å². The summed E-state index contributed by atoms with van der Waals surface area (Å²) in [5, 5.41) is 0.657. The summed E-state index contributed by atoms with van der Waals surface area (Å²) < 4.78 is 5.24. The van der Waals surface area contributed by atoms with Crippen molar-refractivity contribution < 1.29 is 4.42 Å². The number of aryl methyl sites for hydroxylation is 1. The van der Waals surface area contributed by atoms with Crippen LogP contribution in [0.25, 0.3) is 0 Å². The van der Waals surface area contributed by atoms with Crippen LogP contribution in [-0.2, 0) is 5.75 Å². The summed E-state index contributed by atoms with van der Waals surface area (Å²) in [4.78, 5) is 8.32. The van der Waals surface area contributed by atoms with Crippen LogP contribution in [0.15, 0.2) is 34.2 Å². The topological polar surface area (TPSA) is 77.0 Å². The Kier molecular flexibility index (Phi) is 3.43. The molecule has 2 heterocycles. The van der Waals surface area contributed by atoms with Crippen LogP contribution in [0.2, 0.25) is 0 Å². The first-order valence-electron chi connectivity index (χ1n) is 4.75. The Balaban J connectivity index is 2.04. The molecule has 0 aromatic carbocycles. The van der Waals surface area contributed by atoms with Gasteiger partial charge >= 0.3 is 0 Å². The van der Waals surface area contributed by atoms with E-state index in [1.807, 2.05) is 19.1 Å². The molecule has 0 aliphatic carbocycles. The first kappa shape index (κ1) is 11.0. The standard InChI is InChI=1S/C10H12N4OS/c1-7-5-15-10(13-7)16-6-8-3-2-4-12-9(8)14-11/h2-5H,6,11H2,1H3,(H,12,14). The molecule has 3 N–H and O–H groups in total. The van der Waals surface area contributed by atoms with Gasteiger partial charge in [-0.1, -0.05) is 17.8 Å². The lowest BCUT2D eigenvalue weighted by molar-refractivity contribution is 0.454. The van der Waals surface area contributed by atoms with Crippen molar-refractivity contribution >= 4 is 17.6 Å². The highest BCUT2D eigenvalue weighted by atomic mass is 32.2. The van der Waals surface area contributed by atoms with Crippen LogP contribution in [0, 0.1) is 6.92 Å². The number of aromatic nitrogens is 2. The van der Waals surface area contributed by atoms with Crippen molar-refractivity contribution in [1.82, 2.24) is 9.97 Å². The largest absolute Gasteiger partial charge is 0.440 e. The second-order valence-electron chi connectivity index (χ2n) is 3.20. The Morgan fingerprint density at radius 2 is 2.44 bits per heavy atom. The monoisotopic (exact) mass is 236 g/mol. The highest BCUT2D eigenvalue weighted by molar-refractivity contribution is 7.98. The first-order valence-corrected chi connectivity index (χ1v) is 5.73. The van der Waals surface area contributed by atoms with Gasteiger partial charge in [0.15, 0.2) is 0 Å². The molecule has 0 atom stereocenters. The Hall–Kier alpha value is -1.53. The lowest BCUT2D eigenvalue weighted by atomic mass is 10.3. The summed E-state index contributed by atoms with van der Waals surface area (Å²) in [6.45, 7) is 1.89. The second-order valence-corrected chi connectivity index (χ2v) is 4.13. The van der Waals surface area contributed by atoms with E-state index in [2.05, 4.69) is 15.4 Å².